The minimum absolute atomic E-state index is 1.05. The van der Waals surface area contributed by atoms with Gasteiger partial charge in [0.05, 0.1) is 0 Å². The molecule has 19 heavy (non-hydrogen) atoms. The van der Waals surface area contributed by atoms with Crippen LogP contribution in [0.25, 0.3) is 0 Å². The van der Waals surface area contributed by atoms with Gasteiger partial charge in [0.2, 0.25) is 0 Å². The number of para-hydroxylation sites is 1. The van der Waals surface area contributed by atoms with Crippen molar-refractivity contribution in [3.63, 3.8) is 0 Å². The van der Waals surface area contributed by atoms with Gasteiger partial charge in [-0.3, -0.25) is 0 Å². The summed E-state index contributed by atoms with van der Waals surface area (Å²) in [5.41, 5.74) is 1.29. The Bertz CT molecular complexity index is 360. The first kappa shape index (κ1) is 14.3. The van der Waals surface area contributed by atoms with Crippen molar-refractivity contribution in [2.24, 2.45) is 0 Å². The van der Waals surface area contributed by atoms with Crippen LogP contribution in [0, 0.1) is 0 Å². The molecule has 0 aliphatic carbocycles. The third kappa shape index (κ3) is 4.20. The van der Waals surface area contributed by atoms with Crippen molar-refractivity contribution in [2.75, 3.05) is 65.3 Å². The normalized spacial score (nSPS) is 17.9. The zero-order valence-corrected chi connectivity index (χ0v) is 12.4. The average Bonchev–Trinajstić information content (AvgIpc) is 2.46. The average molecular weight is 262 g/mol. The van der Waals surface area contributed by atoms with Crippen LogP contribution in [0.4, 0.5) is 5.69 Å². The number of piperazine rings is 1. The predicted octanol–water partition coefficient (Wildman–Crippen LogP) is 1.22. The Balaban J connectivity index is 1.75. The molecule has 4 heteroatoms. The summed E-state index contributed by atoms with van der Waals surface area (Å²) in [6, 6.07) is 10.6. The second-order valence-corrected chi connectivity index (χ2v) is 5.40. The Morgan fingerprint density at radius 3 is 2.21 bits per heavy atom. The fourth-order valence-electron chi connectivity index (χ4n) is 2.39. The number of hydrogen-bond acceptors (Lipinski definition) is 4. The molecule has 1 aromatic carbocycles. The van der Waals surface area contributed by atoms with Gasteiger partial charge in [-0.15, -0.1) is 0 Å². The highest BCUT2D eigenvalue weighted by atomic mass is 15.6. The van der Waals surface area contributed by atoms with Crippen molar-refractivity contribution >= 4 is 5.69 Å². The lowest BCUT2D eigenvalue weighted by Crippen LogP contribution is -2.52. The number of nitrogens with zero attached hydrogens (tertiary/aromatic N) is 4. The van der Waals surface area contributed by atoms with E-state index in [4.69, 9.17) is 0 Å². The van der Waals surface area contributed by atoms with Gasteiger partial charge in [-0.2, -0.15) is 0 Å². The van der Waals surface area contributed by atoms with E-state index in [1.807, 2.05) is 0 Å². The van der Waals surface area contributed by atoms with Gasteiger partial charge in [-0.05, 0) is 19.2 Å². The summed E-state index contributed by atoms with van der Waals surface area (Å²) in [6.07, 6.45) is 0. The molecule has 1 aliphatic heterocycles. The summed E-state index contributed by atoms with van der Waals surface area (Å²) in [4.78, 5) is 4.70. The van der Waals surface area contributed by atoms with Gasteiger partial charge in [-0.25, -0.2) is 10.0 Å². The predicted molar refractivity (Wildman–Crippen MR) is 81.4 cm³/mol. The molecule has 0 spiro atoms. The van der Waals surface area contributed by atoms with E-state index in [1.165, 1.54) is 18.8 Å². The highest BCUT2D eigenvalue weighted by Crippen LogP contribution is 2.11. The summed E-state index contributed by atoms with van der Waals surface area (Å²) < 4.78 is 0. The van der Waals surface area contributed by atoms with Crippen LogP contribution < -0.4 is 4.90 Å². The molecule has 0 amide bonds. The number of rotatable bonds is 5. The summed E-state index contributed by atoms with van der Waals surface area (Å²) in [5.74, 6) is 0. The molecule has 0 unspecified atom stereocenters. The molecule has 0 saturated carbocycles. The molecule has 1 saturated heterocycles. The maximum atomic E-state index is 2.46. The molecule has 1 aromatic rings. The molecule has 0 aromatic heterocycles. The Kier molecular flexibility index (Phi) is 5.19. The Morgan fingerprint density at radius 1 is 0.947 bits per heavy atom. The van der Waals surface area contributed by atoms with E-state index in [0.29, 0.717) is 0 Å². The zero-order valence-electron chi connectivity index (χ0n) is 12.4. The molecule has 1 heterocycles. The minimum atomic E-state index is 1.05. The molecule has 0 atom stereocenters. The fraction of sp³-hybridized carbons (Fsp3) is 0.600. The molecule has 1 aliphatic rings. The van der Waals surface area contributed by atoms with Crippen LogP contribution in [0.3, 0.4) is 0 Å². The van der Waals surface area contributed by atoms with Gasteiger partial charge in [0, 0.05) is 59.1 Å². The molecule has 106 valence electrons. The van der Waals surface area contributed by atoms with Crippen molar-refractivity contribution in [3.05, 3.63) is 30.3 Å². The topological polar surface area (TPSA) is 13.0 Å². The van der Waals surface area contributed by atoms with Gasteiger partial charge < -0.3 is 9.80 Å². The van der Waals surface area contributed by atoms with Crippen LogP contribution in [-0.4, -0.2) is 75.3 Å². The van der Waals surface area contributed by atoms with Crippen LogP contribution in [-0.2, 0) is 0 Å². The lowest BCUT2D eigenvalue weighted by molar-refractivity contribution is -0.0309. The summed E-state index contributed by atoms with van der Waals surface area (Å²) in [5, 5.41) is 4.82. The number of hydrogen-bond donors (Lipinski definition) is 0. The first-order valence-electron chi connectivity index (χ1n) is 7.07. The summed E-state index contributed by atoms with van der Waals surface area (Å²) in [6.45, 7) is 6.73. The number of anilines is 1. The standard InChI is InChI=1S/C15H26N4/c1-16-9-13-19(14-10-16)18(3)12-11-17(2)15-7-5-4-6-8-15/h4-8H,9-14H2,1-3H3. The monoisotopic (exact) mass is 262 g/mol. The quantitative estimate of drug-likeness (QED) is 0.791. The molecule has 0 N–H and O–H groups in total. The highest BCUT2D eigenvalue weighted by molar-refractivity contribution is 5.44. The Labute approximate surface area is 117 Å². The second-order valence-electron chi connectivity index (χ2n) is 5.40. The minimum Gasteiger partial charge on any atom is -0.373 e. The third-order valence-corrected chi connectivity index (χ3v) is 3.92. The zero-order chi connectivity index (χ0) is 13.7. The van der Waals surface area contributed by atoms with Crippen molar-refractivity contribution < 1.29 is 0 Å². The third-order valence-electron chi connectivity index (χ3n) is 3.92. The number of likely N-dealkylation sites (N-methyl/N-ethyl adjacent to an activating group) is 3. The van der Waals surface area contributed by atoms with Crippen LogP contribution in [0.5, 0.6) is 0 Å². The molecule has 1 fully saturated rings. The molecular weight excluding hydrogens is 236 g/mol. The SMILES string of the molecule is CN1CCN(N(C)CCN(C)c2ccccc2)CC1. The van der Waals surface area contributed by atoms with E-state index in [0.717, 1.165) is 26.2 Å². The first-order chi connectivity index (χ1) is 9.16. The van der Waals surface area contributed by atoms with E-state index >= 15 is 0 Å². The molecule has 2 rings (SSSR count). The van der Waals surface area contributed by atoms with E-state index in [9.17, 15) is 0 Å². The highest BCUT2D eigenvalue weighted by Gasteiger charge is 2.17. The fourth-order valence-corrected chi connectivity index (χ4v) is 2.39. The Morgan fingerprint density at radius 2 is 1.58 bits per heavy atom. The maximum Gasteiger partial charge on any atom is 0.0364 e. The van der Waals surface area contributed by atoms with Gasteiger partial charge in [0.25, 0.3) is 0 Å². The van der Waals surface area contributed by atoms with Crippen molar-refractivity contribution in [1.82, 2.24) is 14.9 Å². The largest absolute Gasteiger partial charge is 0.373 e. The van der Waals surface area contributed by atoms with E-state index in [2.05, 4.69) is 71.3 Å². The Hall–Kier alpha value is -1.10. The van der Waals surface area contributed by atoms with Gasteiger partial charge in [-0.1, -0.05) is 18.2 Å². The van der Waals surface area contributed by atoms with Gasteiger partial charge in [0.15, 0.2) is 0 Å². The number of hydrazine groups is 1. The second kappa shape index (κ2) is 6.89. The molecule has 0 bridgehead atoms. The van der Waals surface area contributed by atoms with Gasteiger partial charge in [0.1, 0.15) is 0 Å². The summed E-state index contributed by atoms with van der Waals surface area (Å²) in [7, 11) is 6.55. The number of benzene rings is 1. The van der Waals surface area contributed by atoms with Gasteiger partial charge >= 0.3 is 0 Å². The lowest BCUT2D eigenvalue weighted by atomic mass is 10.3. The van der Waals surface area contributed by atoms with Crippen molar-refractivity contribution in [2.45, 2.75) is 0 Å². The molecule has 4 nitrogen and oxygen atoms in total. The maximum absolute atomic E-state index is 2.46. The van der Waals surface area contributed by atoms with E-state index in [1.54, 1.807) is 0 Å². The van der Waals surface area contributed by atoms with Crippen LogP contribution in [0.15, 0.2) is 30.3 Å². The van der Waals surface area contributed by atoms with Crippen molar-refractivity contribution in [3.8, 4) is 0 Å². The van der Waals surface area contributed by atoms with Crippen LogP contribution in [0.2, 0.25) is 0 Å². The van der Waals surface area contributed by atoms with E-state index < -0.39 is 0 Å². The molecule has 0 radical (unpaired) electrons. The van der Waals surface area contributed by atoms with Crippen molar-refractivity contribution in [1.29, 1.82) is 0 Å². The van der Waals surface area contributed by atoms with Crippen LogP contribution >= 0.6 is 0 Å². The first-order valence-corrected chi connectivity index (χ1v) is 7.07. The summed E-state index contributed by atoms with van der Waals surface area (Å²) >= 11 is 0. The smallest absolute Gasteiger partial charge is 0.0364 e. The lowest BCUT2D eigenvalue weighted by Gasteiger charge is -2.38. The van der Waals surface area contributed by atoms with Crippen LogP contribution in [0.1, 0.15) is 0 Å². The molecular formula is C15H26N4. The van der Waals surface area contributed by atoms with E-state index in [-0.39, 0.29) is 0 Å².